The van der Waals surface area contributed by atoms with Gasteiger partial charge in [0.15, 0.2) is 11.5 Å². The highest BCUT2D eigenvalue weighted by atomic mass is 79.9. The van der Waals surface area contributed by atoms with Gasteiger partial charge in [-0.3, -0.25) is 0 Å². The molecule has 0 aliphatic carbocycles. The molecule has 82 valence electrons. The standard InChI is InChI=1S/C11H13BrO3/c1-7-10(12)8(3-2-4-13)5-9-11(7)15-6-14-9/h5,13H,2-4,6H2,1H3. The first-order valence-corrected chi connectivity index (χ1v) is 5.71. The molecule has 0 fully saturated rings. The van der Waals surface area contributed by atoms with E-state index in [0.29, 0.717) is 6.79 Å². The number of hydrogen-bond acceptors (Lipinski definition) is 3. The van der Waals surface area contributed by atoms with Crippen LogP contribution in [-0.2, 0) is 6.42 Å². The molecule has 0 saturated carbocycles. The van der Waals surface area contributed by atoms with Crippen LogP contribution in [0.25, 0.3) is 0 Å². The number of fused-ring (bicyclic) bond motifs is 1. The number of benzene rings is 1. The minimum absolute atomic E-state index is 0.208. The van der Waals surface area contributed by atoms with E-state index in [1.54, 1.807) is 0 Å². The average molecular weight is 273 g/mol. The van der Waals surface area contributed by atoms with Crippen molar-refractivity contribution in [1.29, 1.82) is 0 Å². The van der Waals surface area contributed by atoms with Crippen LogP contribution in [0.3, 0.4) is 0 Å². The van der Waals surface area contributed by atoms with Gasteiger partial charge in [0.05, 0.1) is 0 Å². The third-order valence-electron chi connectivity index (χ3n) is 2.50. The van der Waals surface area contributed by atoms with E-state index in [1.165, 1.54) is 0 Å². The Kier molecular flexibility index (Phi) is 3.17. The Balaban J connectivity index is 2.36. The van der Waals surface area contributed by atoms with E-state index in [0.717, 1.165) is 39.9 Å². The number of halogens is 1. The van der Waals surface area contributed by atoms with Crippen LogP contribution in [0.2, 0.25) is 0 Å². The number of ether oxygens (including phenoxy) is 2. The van der Waals surface area contributed by atoms with E-state index in [1.807, 2.05) is 13.0 Å². The van der Waals surface area contributed by atoms with Gasteiger partial charge in [-0.25, -0.2) is 0 Å². The van der Waals surface area contributed by atoms with Gasteiger partial charge in [-0.15, -0.1) is 0 Å². The molecule has 0 amide bonds. The second-order valence-electron chi connectivity index (χ2n) is 3.54. The molecule has 2 rings (SSSR count). The SMILES string of the molecule is Cc1c(Br)c(CCCO)cc2c1OCO2. The molecular formula is C11H13BrO3. The molecule has 1 aliphatic heterocycles. The number of aliphatic hydroxyl groups excluding tert-OH is 1. The van der Waals surface area contributed by atoms with Gasteiger partial charge < -0.3 is 14.6 Å². The maximum Gasteiger partial charge on any atom is 0.231 e. The topological polar surface area (TPSA) is 38.7 Å². The van der Waals surface area contributed by atoms with Crippen LogP contribution in [0, 0.1) is 6.92 Å². The fourth-order valence-electron chi connectivity index (χ4n) is 1.70. The van der Waals surface area contributed by atoms with Crippen molar-refractivity contribution in [3.8, 4) is 11.5 Å². The molecule has 0 radical (unpaired) electrons. The lowest BCUT2D eigenvalue weighted by Crippen LogP contribution is -1.94. The van der Waals surface area contributed by atoms with Crippen molar-refractivity contribution in [3.63, 3.8) is 0 Å². The van der Waals surface area contributed by atoms with Gasteiger partial charge in [0.2, 0.25) is 6.79 Å². The van der Waals surface area contributed by atoms with Crippen molar-refractivity contribution in [1.82, 2.24) is 0 Å². The zero-order valence-corrected chi connectivity index (χ0v) is 10.1. The summed E-state index contributed by atoms with van der Waals surface area (Å²) in [5.41, 5.74) is 2.23. The first-order chi connectivity index (χ1) is 7.24. The van der Waals surface area contributed by atoms with Crippen molar-refractivity contribution in [2.24, 2.45) is 0 Å². The third-order valence-corrected chi connectivity index (χ3v) is 3.61. The van der Waals surface area contributed by atoms with Crippen molar-refractivity contribution in [2.45, 2.75) is 19.8 Å². The molecule has 0 atom stereocenters. The van der Waals surface area contributed by atoms with Crippen molar-refractivity contribution >= 4 is 15.9 Å². The number of aliphatic hydroxyl groups is 1. The van der Waals surface area contributed by atoms with Gasteiger partial charge >= 0.3 is 0 Å². The number of rotatable bonds is 3. The molecule has 1 N–H and O–H groups in total. The first kappa shape index (κ1) is 10.8. The Bertz CT molecular complexity index is 377. The van der Waals surface area contributed by atoms with Gasteiger partial charge in [0.25, 0.3) is 0 Å². The van der Waals surface area contributed by atoms with E-state index in [9.17, 15) is 0 Å². The first-order valence-electron chi connectivity index (χ1n) is 4.92. The van der Waals surface area contributed by atoms with Crippen molar-refractivity contribution in [2.75, 3.05) is 13.4 Å². The Morgan fingerprint density at radius 2 is 2.27 bits per heavy atom. The van der Waals surface area contributed by atoms with Crippen LogP contribution < -0.4 is 9.47 Å². The lowest BCUT2D eigenvalue weighted by atomic mass is 10.1. The summed E-state index contributed by atoms with van der Waals surface area (Å²) in [6.45, 7) is 2.51. The lowest BCUT2D eigenvalue weighted by Gasteiger charge is -2.09. The average Bonchev–Trinajstić information content (AvgIpc) is 2.69. The second-order valence-corrected chi connectivity index (χ2v) is 4.33. The Morgan fingerprint density at radius 3 is 3.00 bits per heavy atom. The molecule has 15 heavy (non-hydrogen) atoms. The van der Waals surface area contributed by atoms with E-state index in [4.69, 9.17) is 14.6 Å². The predicted molar refractivity (Wildman–Crippen MR) is 60.4 cm³/mol. The van der Waals surface area contributed by atoms with Crippen LogP contribution >= 0.6 is 15.9 Å². The molecule has 0 saturated heterocycles. The number of hydrogen-bond donors (Lipinski definition) is 1. The molecule has 1 aliphatic rings. The monoisotopic (exact) mass is 272 g/mol. The molecule has 1 aromatic rings. The number of aryl methyl sites for hydroxylation is 1. The maximum absolute atomic E-state index is 8.81. The van der Waals surface area contributed by atoms with Gasteiger partial charge in [-0.1, -0.05) is 15.9 Å². The molecule has 4 heteroatoms. The summed E-state index contributed by atoms with van der Waals surface area (Å²) in [5, 5.41) is 8.81. The maximum atomic E-state index is 8.81. The molecule has 0 bridgehead atoms. The Hall–Kier alpha value is -0.740. The van der Waals surface area contributed by atoms with Crippen LogP contribution in [0.4, 0.5) is 0 Å². The highest BCUT2D eigenvalue weighted by Gasteiger charge is 2.20. The van der Waals surface area contributed by atoms with Crippen LogP contribution in [-0.4, -0.2) is 18.5 Å². The molecule has 1 aromatic carbocycles. The van der Waals surface area contributed by atoms with Gasteiger partial charge in [-0.2, -0.15) is 0 Å². The summed E-state index contributed by atoms with van der Waals surface area (Å²) < 4.78 is 11.8. The highest BCUT2D eigenvalue weighted by molar-refractivity contribution is 9.10. The smallest absolute Gasteiger partial charge is 0.231 e. The summed E-state index contributed by atoms with van der Waals surface area (Å²) in [6.07, 6.45) is 1.60. The largest absolute Gasteiger partial charge is 0.454 e. The molecular weight excluding hydrogens is 260 g/mol. The fourth-order valence-corrected chi connectivity index (χ4v) is 2.20. The zero-order chi connectivity index (χ0) is 10.8. The Morgan fingerprint density at radius 1 is 1.47 bits per heavy atom. The summed E-state index contributed by atoms with van der Waals surface area (Å²) in [5.74, 6) is 1.64. The summed E-state index contributed by atoms with van der Waals surface area (Å²) in [4.78, 5) is 0. The molecule has 1 heterocycles. The van der Waals surface area contributed by atoms with Crippen molar-refractivity contribution < 1.29 is 14.6 Å². The predicted octanol–water partition coefficient (Wildman–Crippen LogP) is 2.41. The van der Waals surface area contributed by atoms with Crippen molar-refractivity contribution in [3.05, 3.63) is 21.7 Å². The molecule has 0 spiro atoms. The fraction of sp³-hybridized carbons (Fsp3) is 0.455. The minimum Gasteiger partial charge on any atom is -0.454 e. The summed E-state index contributed by atoms with van der Waals surface area (Å²) in [6, 6.07) is 1.98. The van der Waals surface area contributed by atoms with E-state index < -0.39 is 0 Å². The molecule has 3 nitrogen and oxygen atoms in total. The lowest BCUT2D eigenvalue weighted by molar-refractivity contribution is 0.173. The summed E-state index contributed by atoms with van der Waals surface area (Å²) in [7, 11) is 0. The minimum atomic E-state index is 0.208. The molecule has 0 aromatic heterocycles. The van der Waals surface area contributed by atoms with Crippen LogP contribution in [0.15, 0.2) is 10.5 Å². The van der Waals surface area contributed by atoms with Gasteiger partial charge in [0.1, 0.15) is 0 Å². The Labute approximate surface area is 97.1 Å². The van der Waals surface area contributed by atoms with E-state index in [-0.39, 0.29) is 6.61 Å². The second kappa shape index (κ2) is 4.41. The van der Waals surface area contributed by atoms with Crippen LogP contribution in [0.1, 0.15) is 17.5 Å². The highest BCUT2D eigenvalue weighted by Crippen LogP contribution is 2.41. The van der Waals surface area contributed by atoms with E-state index >= 15 is 0 Å². The van der Waals surface area contributed by atoms with Gasteiger partial charge in [0, 0.05) is 16.6 Å². The zero-order valence-electron chi connectivity index (χ0n) is 8.55. The quantitative estimate of drug-likeness (QED) is 0.919. The summed E-state index contributed by atoms with van der Waals surface area (Å²) >= 11 is 3.55. The van der Waals surface area contributed by atoms with E-state index in [2.05, 4.69) is 15.9 Å². The van der Waals surface area contributed by atoms with Crippen LogP contribution in [0.5, 0.6) is 11.5 Å². The third kappa shape index (κ3) is 1.96. The molecule has 0 unspecified atom stereocenters. The van der Waals surface area contributed by atoms with Gasteiger partial charge in [-0.05, 0) is 31.4 Å². The normalized spacial score (nSPS) is 13.3.